The number of thiophene rings is 1. The van der Waals surface area contributed by atoms with Gasteiger partial charge >= 0.3 is 0 Å². The Balaban J connectivity index is 1.66. The molecule has 1 atom stereocenters. The Morgan fingerprint density at radius 3 is 3.04 bits per heavy atom. The number of carbonyl (C=O) groups excluding carboxylic acids is 1. The minimum atomic E-state index is -0.328. The van der Waals surface area contributed by atoms with E-state index in [4.69, 9.17) is 4.74 Å². The number of amides is 1. The predicted octanol–water partition coefficient (Wildman–Crippen LogP) is 4.04. The van der Waals surface area contributed by atoms with E-state index >= 15 is 0 Å². The Morgan fingerprint density at radius 2 is 2.28 bits per heavy atom. The molecule has 0 radical (unpaired) electrons. The zero-order valence-electron chi connectivity index (χ0n) is 14.8. The first kappa shape index (κ1) is 18.1. The number of likely N-dealkylation sites (tertiary alicyclic amines) is 1. The van der Waals surface area contributed by atoms with Gasteiger partial charge in [0.05, 0.1) is 7.11 Å². The van der Waals surface area contributed by atoms with Crippen molar-refractivity contribution in [3.8, 4) is 5.75 Å². The van der Waals surface area contributed by atoms with E-state index in [9.17, 15) is 9.18 Å². The monoisotopic (exact) mass is 364 g/mol. The molecule has 4 nitrogen and oxygen atoms in total. The molecule has 2 aromatic rings. The van der Waals surface area contributed by atoms with Crippen molar-refractivity contribution in [2.75, 3.05) is 26.7 Å². The number of hydrogen-bond acceptors (Lipinski definition) is 4. The molecule has 1 saturated heterocycles. The second-order valence-corrected chi connectivity index (χ2v) is 7.51. The minimum Gasteiger partial charge on any atom is -0.494 e. The van der Waals surface area contributed by atoms with Crippen LogP contribution >= 0.6 is 11.3 Å². The molecule has 1 amide bonds. The topological polar surface area (TPSA) is 41.6 Å². The molecule has 1 aromatic carbocycles. The number of methoxy groups -OCH3 is 1. The second kappa shape index (κ2) is 8.15. The van der Waals surface area contributed by atoms with Gasteiger partial charge in [0.2, 0.25) is 0 Å². The van der Waals surface area contributed by atoms with Gasteiger partial charge < -0.3 is 10.1 Å². The minimum absolute atomic E-state index is 0.150. The van der Waals surface area contributed by atoms with Crippen molar-refractivity contribution in [3.05, 3.63) is 28.9 Å². The Labute approximate surface area is 152 Å². The highest BCUT2D eigenvalue weighted by Gasteiger charge is 2.22. The number of fused-ring (bicyclic) bond motifs is 1. The summed E-state index contributed by atoms with van der Waals surface area (Å²) in [7, 11) is 1.52. The third kappa shape index (κ3) is 3.96. The van der Waals surface area contributed by atoms with Crippen molar-refractivity contribution < 1.29 is 13.9 Å². The molecule has 0 saturated carbocycles. The van der Waals surface area contributed by atoms with Gasteiger partial charge in [-0.2, -0.15) is 0 Å². The summed E-state index contributed by atoms with van der Waals surface area (Å²) in [5.74, 6) is -0.0174. The van der Waals surface area contributed by atoms with Crippen LogP contribution in [0, 0.1) is 5.82 Å². The normalized spacial score (nSPS) is 18.4. The van der Waals surface area contributed by atoms with Crippen LogP contribution in [0.2, 0.25) is 0 Å². The number of ether oxygens (including phenoxy) is 1. The third-order valence-electron chi connectivity index (χ3n) is 4.92. The molecule has 1 N–H and O–H groups in total. The average Bonchev–Trinajstić information content (AvgIpc) is 2.99. The summed E-state index contributed by atoms with van der Waals surface area (Å²) in [5, 5.41) is 3.65. The Kier molecular flexibility index (Phi) is 5.91. The van der Waals surface area contributed by atoms with Crippen LogP contribution in [0.1, 0.15) is 42.3 Å². The maximum Gasteiger partial charge on any atom is 0.265 e. The van der Waals surface area contributed by atoms with Gasteiger partial charge in [-0.15, -0.1) is 11.3 Å². The number of piperidine rings is 1. The van der Waals surface area contributed by atoms with E-state index in [0.29, 0.717) is 28.6 Å². The van der Waals surface area contributed by atoms with Crippen LogP contribution in [-0.2, 0) is 0 Å². The van der Waals surface area contributed by atoms with Gasteiger partial charge in [-0.25, -0.2) is 4.39 Å². The van der Waals surface area contributed by atoms with Gasteiger partial charge in [0.25, 0.3) is 5.91 Å². The lowest BCUT2D eigenvalue weighted by Gasteiger charge is -2.35. The zero-order valence-corrected chi connectivity index (χ0v) is 15.6. The van der Waals surface area contributed by atoms with Gasteiger partial charge in [0, 0.05) is 29.2 Å². The molecule has 1 aliphatic rings. The first-order chi connectivity index (χ1) is 12.1. The molecule has 3 rings (SSSR count). The Hall–Kier alpha value is -1.66. The van der Waals surface area contributed by atoms with E-state index in [1.807, 2.05) is 0 Å². The van der Waals surface area contributed by atoms with E-state index < -0.39 is 0 Å². The molecule has 2 heterocycles. The molecular weight excluding hydrogens is 339 g/mol. The number of rotatable bonds is 6. The van der Waals surface area contributed by atoms with Gasteiger partial charge in [-0.1, -0.05) is 13.3 Å². The fourth-order valence-electron chi connectivity index (χ4n) is 3.61. The van der Waals surface area contributed by atoms with Gasteiger partial charge in [-0.3, -0.25) is 9.69 Å². The molecular formula is C19H25FN2O2S. The molecule has 0 spiro atoms. The van der Waals surface area contributed by atoms with Crippen LogP contribution in [0.4, 0.5) is 4.39 Å². The summed E-state index contributed by atoms with van der Waals surface area (Å²) < 4.78 is 19.7. The highest BCUT2D eigenvalue weighted by molar-refractivity contribution is 7.21. The van der Waals surface area contributed by atoms with Crippen LogP contribution in [0.3, 0.4) is 0 Å². The van der Waals surface area contributed by atoms with Gasteiger partial charge in [0.15, 0.2) is 0 Å². The van der Waals surface area contributed by atoms with Gasteiger partial charge in [0.1, 0.15) is 16.4 Å². The lowest BCUT2D eigenvalue weighted by molar-refractivity contribution is 0.0935. The molecule has 136 valence electrons. The molecule has 0 unspecified atom stereocenters. The summed E-state index contributed by atoms with van der Waals surface area (Å²) in [4.78, 5) is 15.6. The van der Waals surface area contributed by atoms with Crippen molar-refractivity contribution in [2.45, 2.75) is 38.6 Å². The average molecular weight is 364 g/mol. The van der Waals surface area contributed by atoms with E-state index in [1.54, 1.807) is 6.07 Å². The van der Waals surface area contributed by atoms with E-state index in [-0.39, 0.29) is 11.7 Å². The molecule has 0 bridgehead atoms. The Morgan fingerprint density at radius 1 is 1.44 bits per heavy atom. The lowest BCUT2D eigenvalue weighted by Crippen LogP contribution is -2.43. The highest BCUT2D eigenvalue weighted by Crippen LogP contribution is 2.37. The lowest BCUT2D eigenvalue weighted by atomic mass is 10.0. The fraction of sp³-hybridized carbons (Fsp3) is 0.526. The molecule has 25 heavy (non-hydrogen) atoms. The maximum absolute atomic E-state index is 13.5. The maximum atomic E-state index is 13.5. The predicted molar refractivity (Wildman–Crippen MR) is 100 cm³/mol. The van der Waals surface area contributed by atoms with Crippen molar-refractivity contribution in [3.63, 3.8) is 0 Å². The number of carbonyl (C=O) groups is 1. The molecule has 1 aromatic heterocycles. The third-order valence-corrected chi connectivity index (χ3v) is 6.07. The Bertz CT molecular complexity index is 746. The molecule has 1 aliphatic heterocycles. The highest BCUT2D eigenvalue weighted by atomic mass is 32.1. The van der Waals surface area contributed by atoms with E-state index in [1.165, 1.54) is 49.8 Å². The smallest absolute Gasteiger partial charge is 0.265 e. The largest absolute Gasteiger partial charge is 0.494 e. The first-order valence-electron chi connectivity index (χ1n) is 8.92. The van der Waals surface area contributed by atoms with Crippen molar-refractivity contribution in [2.24, 2.45) is 0 Å². The number of nitrogens with zero attached hydrogens (tertiary/aromatic N) is 1. The second-order valence-electron chi connectivity index (χ2n) is 6.45. The van der Waals surface area contributed by atoms with E-state index in [0.717, 1.165) is 24.2 Å². The standard InChI is InChI=1S/C19H25FN2O2S/c1-3-14-6-4-5-10-22(14)11-9-21-19(23)18-17(24-2)15-12-13(20)7-8-16(15)25-18/h7-8,12,14H,3-6,9-11H2,1-2H3,(H,21,23)/t14-/m0/s1. The molecule has 1 fully saturated rings. The zero-order chi connectivity index (χ0) is 17.8. The summed E-state index contributed by atoms with van der Waals surface area (Å²) in [5.41, 5.74) is 0. The van der Waals surface area contributed by atoms with Crippen LogP contribution in [-0.4, -0.2) is 43.6 Å². The first-order valence-corrected chi connectivity index (χ1v) is 9.74. The van der Waals surface area contributed by atoms with E-state index in [2.05, 4.69) is 17.1 Å². The van der Waals surface area contributed by atoms with Crippen LogP contribution in [0.5, 0.6) is 5.75 Å². The summed E-state index contributed by atoms with van der Waals surface area (Å²) >= 11 is 1.34. The van der Waals surface area contributed by atoms with Gasteiger partial charge in [-0.05, 0) is 44.0 Å². The fourth-order valence-corrected chi connectivity index (χ4v) is 4.68. The van der Waals surface area contributed by atoms with Crippen LogP contribution in [0.15, 0.2) is 18.2 Å². The van der Waals surface area contributed by atoms with Crippen molar-refractivity contribution >= 4 is 27.3 Å². The summed E-state index contributed by atoms with van der Waals surface area (Å²) in [6.07, 6.45) is 4.95. The van der Waals surface area contributed by atoms with Crippen LogP contribution < -0.4 is 10.1 Å². The number of halogens is 1. The van der Waals surface area contributed by atoms with Crippen LogP contribution in [0.25, 0.3) is 10.1 Å². The number of hydrogen-bond donors (Lipinski definition) is 1. The summed E-state index contributed by atoms with van der Waals surface area (Å²) in [6, 6.07) is 5.14. The molecule has 0 aliphatic carbocycles. The van der Waals surface area contributed by atoms with Crippen molar-refractivity contribution in [1.29, 1.82) is 0 Å². The number of benzene rings is 1. The quantitative estimate of drug-likeness (QED) is 0.841. The SMILES string of the molecule is CC[C@H]1CCCCN1CCNC(=O)c1sc2ccc(F)cc2c1OC. The molecule has 6 heteroatoms. The summed E-state index contributed by atoms with van der Waals surface area (Å²) in [6.45, 7) is 4.82. The number of nitrogens with one attached hydrogen (secondary N) is 1. The van der Waals surface area contributed by atoms with Crippen molar-refractivity contribution in [1.82, 2.24) is 10.2 Å².